The molecule has 6 nitrogen and oxygen atoms in total. The highest BCUT2D eigenvalue weighted by molar-refractivity contribution is 6.29. The Kier molecular flexibility index (Phi) is 4.07. The normalized spacial score (nSPS) is 10.5. The smallest absolute Gasteiger partial charge is 0.213 e. The Morgan fingerprint density at radius 1 is 1.14 bits per heavy atom. The summed E-state index contributed by atoms with van der Waals surface area (Å²) in [6.07, 6.45) is 1.95. The van der Waals surface area contributed by atoms with Gasteiger partial charge in [0.15, 0.2) is 11.6 Å². The van der Waals surface area contributed by atoms with E-state index in [2.05, 4.69) is 29.9 Å². The van der Waals surface area contributed by atoms with E-state index < -0.39 is 0 Å². The SMILES string of the molecule is Clc1cc(NCCc2ncon2)nc(-c2ccccc2)n1. The fourth-order valence-electron chi connectivity index (χ4n) is 1.83. The van der Waals surface area contributed by atoms with Crippen molar-refractivity contribution in [3.8, 4) is 11.4 Å². The molecule has 3 aromatic rings. The molecule has 0 radical (unpaired) electrons. The van der Waals surface area contributed by atoms with E-state index in [9.17, 15) is 0 Å². The fraction of sp³-hybridized carbons (Fsp3) is 0.143. The maximum Gasteiger partial charge on any atom is 0.213 e. The molecule has 21 heavy (non-hydrogen) atoms. The molecular formula is C14H12ClN5O. The zero-order chi connectivity index (χ0) is 14.5. The number of anilines is 1. The van der Waals surface area contributed by atoms with Gasteiger partial charge in [-0.25, -0.2) is 9.97 Å². The molecule has 0 unspecified atom stereocenters. The maximum absolute atomic E-state index is 6.05. The fourth-order valence-corrected chi connectivity index (χ4v) is 2.01. The van der Waals surface area contributed by atoms with Gasteiger partial charge in [-0.1, -0.05) is 47.1 Å². The van der Waals surface area contributed by atoms with Crippen LogP contribution in [0.15, 0.2) is 47.3 Å². The zero-order valence-electron chi connectivity index (χ0n) is 11.0. The number of halogens is 1. The molecule has 2 aromatic heterocycles. The molecule has 0 aliphatic carbocycles. The second-order valence-corrected chi connectivity index (χ2v) is 4.68. The Balaban J connectivity index is 1.72. The van der Waals surface area contributed by atoms with Gasteiger partial charge in [0, 0.05) is 24.6 Å². The Hall–Kier alpha value is -2.47. The van der Waals surface area contributed by atoms with Crippen molar-refractivity contribution in [3.63, 3.8) is 0 Å². The van der Waals surface area contributed by atoms with Crippen molar-refractivity contribution in [2.24, 2.45) is 0 Å². The van der Waals surface area contributed by atoms with Gasteiger partial charge in [-0.2, -0.15) is 4.98 Å². The van der Waals surface area contributed by atoms with E-state index in [-0.39, 0.29) is 0 Å². The Morgan fingerprint density at radius 3 is 2.76 bits per heavy atom. The lowest BCUT2D eigenvalue weighted by Gasteiger charge is -2.07. The Morgan fingerprint density at radius 2 is 2.00 bits per heavy atom. The number of hydrogen-bond acceptors (Lipinski definition) is 6. The summed E-state index contributed by atoms with van der Waals surface area (Å²) in [7, 11) is 0. The van der Waals surface area contributed by atoms with Crippen molar-refractivity contribution in [3.05, 3.63) is 53.8 Å². The van der Waals surface area contributed by atoms with Crippen LogP contribution in [0.4, 0.5) is 5.82 Å². The van der Waals surface area contributed by atoms with Crippen LogP contribution in [0, 0.1) is 0 Å². The molecule has 0 atom stereocenters. The van der Waals surface area contributed by atoms with E-state index in [4.69, 9.17) is 11.6 Å². The van der Waals surface area contributed by atoms with Gasteiger partial charge in [0.05, 0.1) is 0 Å². The average Bonchev–Trinajstić information content (AvgIpc) is 3.01. The highest BCUT2D eigenvalue weighted by atomic mass is 35.5. The largest absolute Gasteiger partial charge is 0.369 e. The van der Waals surface area contributed by atoms with Crippen LogP contribution in [0.5, 0.6) is 0 Å². The minimum atomic E-state index is 0.394. The maximum atomic E-state index is 6.05. The van der Waals surface area contributed by atoms with Crippen LogP contribution in [-0.2, 0) is 6.42 Å². The molecule has 0 aliphatic heterocycles. The van der Waals surface area contributed by atoms with Crippen molar-refractivity contribution < 1.29 is 4.52 Å². The van der Waals surface area contributed by atoms with E-state index in [1.54, 1.807) is 6.07 Å². The third-order valence-electron chi connectivity index (χ3n) is 2.79. The first-order chi connectivity index (χ1) is 10.3. The summed E-state index contributed by atoms with van der Waals surface area (Å²) in [5, 5.41) is 7.32. The topological polar surface area (TPSA) is 76.7 Å². The molecule has 1 aromatic carbocycles. The van der Waals surface area contributed by atoms with E-state index >= 15 is 0 Å². The van der Waals surface area contributed by atoms with Gasteiger partial charge in [0.2, 0.25) is 6.39 Å². The molecule has 7 heteroatoms. The van der Waals surface area contributed by atoms with Gasteiger partial charge in [-0.3, -0.25) is 0 Å². The van der Waals surface area contributed by atoms with Crippen LogP contribution in [0.25, 0.3) is 11.4 Å². The van der Waals surface area contributed by atoms with E-state index in [1.165, 1.54) is 6.39 Å². The molecule has 0 aliphatic rings. The second-order valence-electron chi connectivity index (χ2n) is 4.29. The summed E-state index contributed by atoms with van der Waals surface area (Å²) in [6, 6.07) is 11.4. The van der Waals surface area contributed by atoms with Gasteiger partial charge < -0.3 is 9.84 Å². The first-order valence-electron chi connectivity index (χ1n) is 6.40. The first kappa shape index (κ1) is 13.5. The van der Waals surface area contributed by atoms with Crippen LogP contribution >= 0.6 is 11.6 Å². The van der Waals surface area contributed by atoms with Crippen molar-refractivity contribution in [1.29, 1.82) is 0 Å². The molecule has 2 heterocycles. The first-order valence-corrected chi connectivity index (χ1v) is 6.78. The molecule has 0 saturated carbocycles. The van der Waals surface area contributed by atoms with Gasteiger partial charge >= 0.3 is 0 Å². The summed E-state index contributed by atoms with van der Waals surface area (Å²) in [5.74, 6) is 1.90. The molecule has 106 valence electrons. The van der Waals surface area contributed by atoms with E-state index in [1.807, 2.05) is 30.3 Å². The molecule has 0 fully saturated rings. The lowest BCUT2D eigenvalue weighted by Crippen LogP contribution is -2.08. The minimum absolute atomic E-state index is 0.394. The minimum Gasteiger partial charge on any atom is -0.369 e. The quantitative estimate of drug-likeness (QED) is 0.730. The van der Waals surface area contributed by atoms with Crippen molar-refractivity contribution >= 4 is 17.4 Å². The monoisotopic (exact) mass is 301 g/mol. The molecule has 0 bridgehead atoms. The van der Waals surface area contributed by atoms with Gasteiger partial charge in [-0.15, -0.1) is 0 Å². The van der Waals surface area contributed by atoms with Crippen LogP contribution in [0.3, 0.4) is 0 Å². The van der Waals surface area contributed by atoms with E-state index in [0.29, 0.717) is 35.6 Å². The highest BCUT2D eigenvalue weighted by Crippen LogP contribution is 2.19. The molecule has 0 amide bonds. The number of nitrogens with zero attached hydrogens (tertiary/aromatic N) is 4. The van der Waals surface area contributed by atoms with Crippen LogP contribution in [-0.4, -0.2) is 26.7 Å². The highest BCUT2D eigenvalue weighted by Gasteiger charge is 2.06. The summed E-state index contributed by atoms with van der Waals surface area (Å²) in [5.41, 5.74) is 0.918. The van der Waals surface area contributed by atoms with E-state index in [0.717, 1.165) is 5.56 Å². The van der Waals surface area contributed by atoms with Crippen molar-refractivity contribution in [2.75, 3.05) is 11.9 Å². The number of hydrogen-bond donors (Lipinski definition) is 1. The molecule has 1 N–H and O–H groups in total. The van der Waals surface area contributed by atoms with Crippen LogP contribution in [0.2, 0.25) is 5.15 Å². The van der Waals surface area contributed by atoms with Crippen LogP contribution < -0.4 is 5.32 Å². The summed E-state index contributed by atoms with van der Waals surface area (Å²) >= 11 is 6.05. The number of benzene rings is 1. The lowest BCUT2D eigenvalue weighted by molar-refractivity contribution is 0.410. The van der Waals surface area contributed by atoms with Gasteiger partial charge in [0.1, 0.15) is 11.0 Å². The van der Waals surface area contributed by atoms with Crippen molar-refractivity contribution in [2.45, 2.75) is 6.42 Å². The number of rotatable bonds is 5. The second kappa shape index (κ2) is 6.32. The number of nitrogens with one attached hydrogen (secondary N) is 1. The predicted octanol–water partition coefficient (Wildman–Crippen LogP) is 2.83. The summed E-state index contributed by atoms with van der Waals surface area (Å²) in [6.45, 7) is 0.626. The third-order valence-corrected chi connectivity index (χ3v) is 2.98. The molecule has 3 rings (SSSR count). The summed E-state index contributed by atoms with van der Waals surface area (Å²) in [4.78, 5) is 12.6. The van der Waals surface area contributed by atoms with Crippen molar-refractivity contribution in [1.82, 2.24) is 20.1 Å². The standard InChI is InChI=1S/C14H12ClN5O/c15-11-8-13(16-7-6-12-17-9-21-20-12)19-14(18-11)10-4-2-1-3-5-10/h1-5,8-9H,6-7H2,(H,16,18,19). The number of aromatic nitrogens is 4. The van der Waals surface area contributed by atoms with Gasteiger partial charge in [-0.05, 0) is 0 Å². The predicted molar refractivity (Wildman–Crippen MR) is 79.0 cm³/mol. The lowest BCUT2D eigenvalue weighted by atomic mass is 10.2. The third kappa shape index (κ3) is 3.55. The molecular weight excluding hydrogens is 290 g/mol. The Labute approximate surface area is 126 Å². The zero-order valence-corrected chi connectivity index (χ0v) is 11.8. The summed E-state index contributed by atoms with van der Waals surface area (Å²) < 4.78 is 4.68. The average molecular weight is 302 g/mol. The Bertz CT molecular complexity index is 703. The van der Waals surface area contributed by atoms with Crippen LogP contribution in [0.1, 0.15) is 5.82 Å². The van der Waals surface area contributed by atoms with Gasteiger partial charge in [0.25, 0.3) is 0 Å². The molecule has 0 saturated heterocycles. The molecule has 0 spiro atoms.